The zero-order valence-corrected chi connectivity index (χ0v) is 12.8. The van der Waals surface area contributed by atoms with Gasteiger partial charge in [0.25, 0.3) is 5.91 Å². The van der Waals surface area contributed by atoms with Gasteiger partial charge in [-0.15, -0.1) is 0 Å². The summed E-state index contributed by atoms with van der Waals surface area (Å²) < 4.78 is 0. The number of amides is 4. The third-order valence-corrected chi connectivity index (χ3v) is 5.05. The number of carbonyl (C=O) groups is 3. The van der Waals surface area contributed by atoms with Crippen molar-refractivity contribution in [3.8, 4) is 0 Å². The van der Waals surface area contributed by atoms with Crippen LogP contribution in [0.15, 0.2) is 0 Å². The summed E-state index contributed by atoms with van der Waals surface area (Å²) in [5.74, 6) is -0.108. The van der Waals surface area contributed by atoms with Crippen molar-refractivity contribution in [1.82, 2.24) is 15.5 Å². The van der Waals surface area contributed by atoms with E-state index in [1.165, 1.54) is 0 Å². The number of nitrogens with one attached hydrogen (secondary N) is 2. The van der Waals surface area contributed by atoms with Crippen molar-refractivity contribution in [1.29, 1.82) is 0 Å². The number of hydrogen-bond acceptors (Lipinski definition) is 4. The number of nitrogens with two attached hydrogens (primary N) is 1. The SMILES string of the molecule is NCC(NC(=O)CN1C(=O)NC2(CCCCC2)C1=O)C1CC1. The molecule has 2 saturated carbocycles. The van der Waals surface area contributed by atoms with Crippen LogP contribution in [0.4, 0.5) is 4.79 Å². The Morgan fingerprint density at radius 3 is 2.59 bits per heavy atom. The van der Waals surface area contributed by atoms with Crippen molar-refractivity contribution in [3.05, 3.63) is 0 Å². The molecular weight excluding hydrogens is 284 g/mol. The van der Waals surface area contributed by atoms with Crippen molar-refractivity contribution in [2.45, 2.75) is 56.5 Å². The summed E-state index contributed by atoms with van der Waals surface area (Å²) in [5.41, 5.74) is 4.90. The molecule has 3 rings (SSSR count). The maximum absolute atomic E-state index is 12.6. The molecule has 3 fully saturated rings. The summed E-state index contributed by atoms with van der Waals surface area (Å²) >= 11 is 0. The van der Waals surface area contributed by atoms with Crippen LogP contribution in [0.5, 0.6) is 0 Å². The quantitative estimate of drug-likeness (QED) is 0.626. The number of urea groups is 1. The summed E-state index contributed by atoms with van der Waals surface area (Å²) in [5, 5.41) is 5.66. The average molecular weight is 308 g/mol. The highest BCUT2D eigenvalue weighted by atomic mass is 16.2. The smallest absolute Gasteiger partial charge is 0.325 e. The molecule has 7 nitrogen and oxygen atoms in total. The Bertz CT molecular complexity index is 483. The molecule has 1 saturated heterocycles. The fraction of sp³-hybridized carbons (Fsp3) is 0.800. The van der Waals surface area contributed by atoms with E-state index in [9.17, 15) is 14.4 Å². The first-order valence-corrected chi connectivity index (χ1v) is 8.19. The standard InChI is InChI=1S/C15H24N4O3/c16-8-11(10-4-5-10)17-12(20)9-19-13(21)15(18-14(19)22)6-2-1-3-7-15/h10-11H,1-9,16H2,(H,17,20)(H,18,22). The lowest BCUT2D eigenvalue weighted by atomic mass is 9.82. The second-order valence-corrected chi connectivity index (χ2v) is 6.71. The molecule has 1 atom stereocenters. The molecule has 3 aliphatic rings. The van der Waals surface area contributed by atoms with Gasteiger partial charge in [0.1, 0.15) is 12.1 Å². The third-order valence-electron chi connectivity index (χ3n) is 5.05. The van der Waals surface area contributed by atoms with E-state index in [1.54, 1.807) is 0 Å². The Morgan fingerprint density at radius 2 is 2.00 bits per heavy atom. The van der Waals surface area contributed by atoms with E-state index >= 15 is 0 Å². The monoisotopic (exact) mass is 308 g/mol. The number of carbonyl (C=O) groups excluding carboxylic acids is 3. The van der Waals surface area contributed by atoms with Gasteiger partial charge in [-0.1, -0.05) is 19.3 Å². The van der Waals surface area contributed by atoms with E-state index in [-0.39, 0.29) is 24.4 Å². The molecule has 4 amide bonds. The predicted molar refractivity (Wildman–Crippen MR) is 79.8 cm³/mol. The van der Waals surface area contributed by atoms with Gasteiger partial charge in [0, 0.05) is 12.6 Å². The molecular formula is C15H24N4O3. The fourth-order valence-electron chi connectivity index (χ4n) is 3.58. The lowest BCUT2D eigenvalue weighted by molar-refractivity contribution is -0.136. The van der Waals surface area contributed by atoms with Gasteiger partial charge in [-0.2, -0.15) is 0 Å². The van der Waals surface area contributed by atoms with Gasteiger partial charge >= 0.3 is 6.03 Å². The first-order valence-electron chi connectivity index (χ1n) is 8.19. The Hall–Kier alpha value is -1.63. The number of nitrogens with zero attached hydrogens (tertiary/aromatic N) is 1. The second-order valence-electron chi connectivity index (χ2n) is 6.71. The highest BCUT2D eigenvalue weighted by Gasteiger charge is 2.51. The topological polar surface area (TPSA) is 105 Å². The molecule has 4 N–H and O–H groups in total. The van der Waals surface area contributed by atoms with Crippen LogP contribution in [0.3, 0.4) is 0 Å². The molecule has 0 aromatic heterocycles. The molecule has 0 radical (unpaired) electrons. The van der Waals surface area contributed by atoms with Crippen molar-refractivity contribution < 1.29 is 14.4 Å². The molecule has 1 aliphatic heterocycles. The Labute approximate surface area is 130 Å². The lowest BCUT2D eigenvalue weighted by Crippen LogP contribution is -2.50. The minimum Gasteiger partial charge on any atom is -0.350 e. The average Bonchev–Trinajstić information content (AvgIpc) is 3.32. The highest BCUT2D eigenvalue weighted by molar-refractivity contribution is 6.09. The van der Waals surface area contributed by atoms with Gasteiger partial charge in [-0.3, -0.25) is 14.5 Å². The molecule has 0 aromatic rings. The van der Waals surface area contributed by atoms with Crippen molar-refractivity contribution >= 4 is 17.8 Å². The minimum atomic E-state index is -0.765. The number of hydrogen-bond donors (Lipinski definition) is 3. The zero-order valence-electron chi connectivity index (χ0n) is 12.8. The molecule has 122 valence electrons. The van der Waals surface area contributed by atoms with Gasteiger partial charge in [-0.05, 0) is 31.6 Å². The van der Waals surface area contributed by atoms with E-state index in [1.807, 2.05) is 0 Å². The summed E-state index contributed by atoms with van der Waals surface area (Å²) in [4.78, 5) is 37.8. The first-order chi connectivity index (χ1) is 10.6. The largest absolute Gasteiger partial charge is 0.350 e. The van der Waals surface area contributed by atoms with Crippen LogP contribution < -0.4 is 16.4 Å². The van der Waals surface area contributed by atoms with Crippen LogP contribution in [0, 0.1) is 5.92 Å². The van der Waals surface area contributed by atoms with Crippen molar-refractivity contribution in [3.63, 3.8) is 0 Å². The minimum absolute atomic E-state index is 0.0445. The van der Waals surface area contributed by atoms with Crippen LogP contribution >= 0.6 is 0 Å². The first kappa shape index (κ1) is 15.3. The van der Waals surface area contributed by atoms with Crippen molar-refractivity contribution in [2.24, 2.45) is 11.7 Å². The summed E-state index contributed by atoms with van der Waals surface area (Å²) in [6, 6.07) is -0.491. The number of rotatable bonds is 5. The summed E-state index contributed by atoms with van der Waals surface area (Å²) in [7, 11) is 0. The summed E-state index contributed by atoms with van der Waals surface area (Å²) in [6.45, 7) is 0.177. The third kappa shape index (κ3) is 2.82. The molecule has 1 unspecified atom stereocenters. The maximum atomic E-state index is 12.6. The van der Waals surface area contributed by atoms with Crippen LogP contribution in [0.25, 0.3) is 0 Å². The molecule has 22 heavy (non-hydrogen) atoms. The molecule has 0 bridgehead atoms. The van der Waals surface area contributed by atoms with Gasteiger partial charge in [0.2, 0.25) is 5.91 Å². The zero-order chi connectivity index (χ0) is 15.7. The molecule has 7 heteroatoms. The molecule has 1 heterocycles. The molecule has 0 aromatic carbocycles. The van der Waals surface area contributed by atoms with E-state index in [0.29, 0.717) is 25.3 Å². The van der Waals surface area contributed by atoms with Gasteiger partial charge in [0.15, 0.2) is 0 Å². The Morgan fingerprint density at radius 1 is 1.32 bits per heavy atom. The van der Waals surface area contributed by atoms with Crippen LogP contribution in [-0.2, 0) is 9.59 Å². The second kappa shape index (κ2) is 5.87. The van der Waals surface area contributed by atoms with Crippen molar-refractivity contribution in [2.75, 3.05) is 13.1 Å². The summed E-state index contributed by atoms with van der Waals surface area (Å²) in [6.07, 6.45) is 6.45. The van der Waals surface area contributed by atoms with Gasteiger partial charge < -0.3 is 16.4 Å². The Kier molecular flexibility index (Phi) is 4.08. The van der Waals surface area contributed by atoms with E-state index in [4.69, 9.17) is 5.73 Å². The van der Waals surface area contributed by atoms with Crippen LogP contribution in [-0.4, -0.2) is 47.4 Å². The highest BCUT2D eigenvalue weighted by Crippen LogP contribution is 2.34. The van der Waals surface area contributed by atoms with E-state index in [0.717, 1.165) is 37.0 Å². The Balaban J connectivity index is 1.60. The number of imide groups is 1. The lowest BCUT2D eigenvalue weighted by Gasteiger charge is -2.30. The van der Waals surface area contributed by atoms with E-state index < -0.39 is 11.6 Å². The van der Waals surface area contributed by atoms with Gasteiger partial charge in [-0.25, -0.2) is 4.79 Å². The molecule has 2 aliphatic carbocycles. The normalized spacial score (nSPS) is 25.2. The van der Waals surface area contributed by atoms with Crippen LogP contribution in [0.2, 0.25) is 0 Å². The molecule has 1 spiro atoms. The predicted octanol–water partition coefficient (Wildman–Crippen LogP) is 0.0946. The van der Waals surface area contributed by atoms with Crippen LogP contribution in [0.1, 0.15) is 44.9 Å². The van der Waals surface area contributed by atoms with E-state index in [2.05, 4.69) is 10.6 Å². The maximum Gasteiger partial charge on any atom is 0.325 e. The van der Waals surface area contributed by atoms with Gasteiger partial charge in [0.05, 0.1) is 0 Å². The fourth-order valence-corrected chi connectivity index (χ4v) is 3.58.